The van der Waals surface area contributed by atoms with Gasteiger partial charge in [-0.2, -0.15) is 0 Å². The molecule has 0 unspecified atom stereocenters. The number of aromatic hydroxyl groups is 2. The lowest BCUT2D eigenvalue weighted by atomic mass is 9.67. The van der Waals surface area contributed by atoms with Crippen molar-refractivity contribution in [2.45, 2.75) is 12.3 Å². The number of esters is 1. The third-order valence-electron chi connectivity index (χ3n) is 5.44. The molecule has 1 aliphatic carbocycles. The lowest BCUT2D eigenvalue weighted by molar-refractivity contribution is -0.141. The Kier molecular flexibility index (Phi) is 3.90. The van der Waals surface area contributed by atoms with E-state index >= 15 is 0 Å². The number of benzene rings is 2. The highest BCUT2D eigenvalue weighted by atomic mass is 16.5. The molecule has 2 aromatic rings. The summed E-state index contributed by atoms with van der Waals surface area (Å²) < 4.78 is 15.8. The number of carbonyl (C=O) groups is 1. The molecule has 2 aromatic carbocycles. The van der Waals surface area contributed by atoms with Crippen LogP contribution in [0.1, 0.15) is 22.6 Å². The molecule has 3 atom stereocenters. The summed E-state index contributed by atoms with van der Waals surface area (Å²) in [4.78, 5) is 12.2. The normalized spacial score (nSPS) is 23.8. The number of methoxy groups -OCH3 is 2. The Hall–Kier alpha value is -2.89. The van der Waals surface area contributed by atoms with Crippen molar-refractivity contribution in [2.75, 3.05) is 20.8 Å². The Labute approximate surface area is 150 Å². The minimum Gasteiger partial charge on any atom is -0.504 e. The quantitative estimate of drug-likeness (QED) is 0.823. The maximum atomic E-state index is 12.2. The number of carbonyl (C=O) groups excluding carboxylic acids is 1. The van der Waals surface area contributed by atoms with Gasteiger partial charge in [-0.25, -0.2) is 0 Å². The molecule has 26 heavy (non-hydrogen) atoms. The first-order valence-corrected chi connectivity index (χ1v) is 8.46. The van der Waals surface area contributed by atoms with Gasteiger partial charge in [-0.05, 0) is 47.4 Å². The number of ether oxygens (including phenoxy) is 3. The van der Waals surface area contributed by atoms with Crippen LogP contribution in [0.5, 0.6) is 23.0 Å². The maximum absolute atomic E-state index is 12.2. The zero-order valence-electron chi connectivity index (χ0n) is 14.6. The van der Waals surface area contributed by atoms with Crippen LogP contribution in [0.15, 0.2) is 30.3 Å². The van der Waals surface area contributed by atoms with Gasteiger partial charge < -0.3 is 24.4 Å². The fourth-order valence-corrected chi connectivity index (χ4v) is 4.18. The van der Waals surface area contributed by atoms with Crippen molar-refractivity contribution in [1.29, 1.82) is 0 Å². The molecule has 0 bridgehead atoms. The number of phenols is 2. The molecule has 0 saturated carbocycles. The monoisotopic (exact) mass is 356 g/mol. The Morgan fingerprint density at radius 3 is 2.50 bits per heavy atom. The van der Waals surface area contributed by atoms with Gasteiger partial charge >= 0.3 is 5.97 Å². The maximum Gasteiger partial charge on any atom is 0.309 e. The van der Waals surface area contributed by atoms with E-state index in [1.807, 2.05) is 6.07 Å². The van der Waals surface area contributed by atoms with Gasteiger partial charge in [0.25, 0.3) is 0 Å². The van der Waals surface area contributed by atoms with Crippen molar-refractivity contribution >= 4 is 5.97 Å². The van der Waals surface area contributed by atoms with Crippen molar-refractivity contribution in [2.24, 2.45) is 11.8 Å². The third kappa shape index (κ3) is 2.44. The minimum atomic E-state index is -0.235. The number of hydrogen-bond donors (Lipinski definition) is 2. The lowest BCUT2D eigenvalue weighted by Gasteiger charge is -2.34. The van der Waals surface area contributed by atoms with Crippen molar-refractivity contribution in [3.63, 3.8) is 0 Å². The van der Waals surface area contributed by atoms with Gasteiger partial charge in [0, 0.05) is 11.8 Å². The highest BCUT2D eigenvalue weighted by molar-refractivity contribution is 5.77. The van der Waals surface area contributed by atoms with Crippen LogP contribution in [0.4, 0.5) is 0 Å². The van der Waals surface area contributed by atoms with Gasteiger partial charge in [0.05, 0.1) is 26.7 Å². The molecular weight excluding hydrogens is 336 g/mol. The second kappa shape index (κ2) is 6.12. The zero-order chi connectivity index (χ0) is 18.4. The summed E-state index contributed by atoms with van der Waals surface area (Å²) >= 11 is 0. The molecule has 1 aliphatic heterocycles. The standard InChI is InChI=1S/C20H20O6/c1-24-17-6-10(3-4-15(17)21)19-12-8-16(22)18(25-2)7-11(12)5-13-14(19)9-26-20(13)23/h3-4,6-8,13-14,19,21-22H,5,9H2,1-2H3/t13-,14+,19-/m1/s1. The largest absolute Gasteiger partial charge is 0.504 e. The van der Waals surface area contributed by atoms with Crippen molar-refractivity contribution in [1.82, 2.24) is 0 Å². The van der Waals surface area contributed by atoms with Gasteiger partial charge in [0.2, 0.25) is 0 Å². The van der Waals surface area contributed by atoms with Crippen molar-refractivity contribution in [3.8, 4) is 23.0 Å². The first-order chi connectivity index (χ1) is 12.5. The molecule has 136 valence electrons. The first kappa shape index (κ1) is 16.6. The van der Waals surface area contributed by atoms with Gasteiger partial charge in [0.15, 0.2) is 23.0 Å². The topological polar surface area (TPSA) is 85.2 Å². The Morgan fingerprint density at radius 2 is 1.77 bits per heavy atom. The van der Waals surface area contributed by atoms with E-state index < -0.39 is 0 Å². The summed E-state index contributed by atoms with van der Waals surface area (Å²) in [6.45, 7) is 0.337. The third-order valence-corrected chi connectivity index (χ3v) is 5.44. The summed E-state index contributed by atoms with van der Waals surface area (Å²) in [5, 5.41) is 20.2. The molecule has 1 fully saturated rings. The van der Waals surface area contributed by atoms with Crippen LogP contribution in [0.3, 0.4) is 0 Å². The summed E-state index contributed by atoms with van der Waals surface area (Å²) in [7, 11) is 2.99. The van der Waals surface area contributed by atoms with E-state index in [1.54, 1.807) is 24.3 Å². The van der Waals surface area contributed by atoms with Gasteiger partial charge in [-0.1, -0.05) is 6.07 Å². The van der Waals surface area contributed by atoms with E-state index in [9.17, 15) is 15.0 Å². The summed E-state index contributed by atoms with van der Waals surface area (Å²) in [5.74, 6) is 0.263. The second-order valence-electron chi connectivity index (χ2n) is 6.74. The van der Waals surface area contributed by atoms with E-state index in [-0.39, 0.29) is 35.2 Å². The number of hydrogen-bond acceptors (Lipinski definition) is 6. The van der Waals surface area contributed by atoms with E-state index in [1.165, 1.54) is 14.2 Å². The molecule has 0 radical (unpaired) electrons. The summed E-state index contributed by atoms with van der Waals surface area (Å²) in [6.07, 6.45) is 0.557. The molecule has 2 N–H and O–H groups in total. The minimum absolute atomic E-state index is 0.0305. The molecule has 0 amide bonds. The van der Waals surface area contributed by atoms with Crippen LogP contribution in [-0.2, 0) is 16.0 Å². The number of rotatable bonds is 3. The van der Waals surface area contributed by atoms with E-state index in [0.717, 1.165) is 16.7 Å². The number of fused-ring (bicyclic) bond motifs is 2. The highest BCUT2D eigenvalue weighted by Gasteiger charge is 2.47. The second-order valence-corrected chi connectivity index (χ2v) is 6.74. The highest BCUT2D eigenvalue weighted by Crippen LogP contribution is 2.50. The molecule has 4 rings (SSSR count). The summed E-state index contributed by atoms with van der Waals surface area (Å²) in [5.41, 5.74) is 2.80. The first-order valence-electron chi connectivity index (χ1n) is 8.46. The van der Waals surface area contributed by atoms with E-state index in [4.69, 9.17) is 14.2 Å². The fourth-order valence-electron chi connectivity index (χ4n) is 4.18. The van der Waals surface area contributed by atoms with Crippen LogP contribution < -0.4 is 9.47 Å². The smallest absolute Gasteiger partial charge is 0.309 e. The Bertz CT molecular complexity index is 875. The SMILES string of the molecule is COc1cc([C@@H]2c3cc(O)c(OC)cc3C[C@H]3C(=O)OC[C@H]23)ccc1O. The molecule has 0 spiro atoms. The van der Waals surface area contributed by atoms with Gasteiger partial charge in [-0.3, -0.25) is 4.79 Å². The Morgan fingerprint density at radius 1 is 1.04 bits per heavy atom. The summed E-state index contributed by atoms with van der Waals surface area (Å²) in [6, 6.07) is 8.67. The molecule has 2 aliphatic rings. The molecule has 6 nitrogen and oxygen atoms in total. The molecular formula is C20H20O6. The van der Waals surface area contributed by atoms with Crippen molar-refractivity contribution < 1.29 is 29.2 Å². The zero-order valence-corrected chi connectivity index (χ0v) is 14.6. The Balaban J connectivity index is 1.89. The lowest BCUT2D eigenvalue weighted by Crippen LogP contribution is -2.31. The van der Waals surface area contributed by atoms with Crippen LogP contribution in [-0.4, -0.2) is 37.0 Å². The van der Waals surface area contributed by atoms with Crippen LogP contribution in [0.2, 0.25) is 0 Å². The molecule has 1 saturated heterocycles. The van der Waals surface area contributed by atoms with E-state index in [0.29, 0.717) is 24.5 Å². The van der Waals surface area contributed by atoms with Crippen LogP contribution in [0, 0.1) is 11.8 Å². The number of cyclic esters (lactones) is 1. The molecule has 6 heteroatoms. The average molecular weight is 356 g/mol. The fraction of sp³-hybridized carbons (Fsp3) is 0.350. The average Bonchev–Trinajstić information content (AvgIpc) is 3.00. The predicted octanol–water partition coefficient (Wildman–Crippen LogP) is 2.59. The molecule has 0 aromatic heterocycles. The van der Waals surface area contributed by atoms with Crippen molar-refractivity contribution in [3.05, 3.63) is 47.0 Å². The predicted molar refractivity (Wildman–Crippen MR) is 92.8 cm³/mol. The van der Waals surface area contributed by atoms with Crippen LogP contribution in [0.25, 0.3) is 0 Å². The van der Waals surface area contributed by atoms with Crippen LogP contribution >= 0.6 is 0 Å². The van der Waals surface area contributed by atoms with Gasteiger partial charge in [-0.15, -0.1) is 0 Å². The number of phenolic OH excluding ortho intramolecular Hbond substituents is 2. The van der Waals surface area contributed by atoms with Gasteiger partial charge in [0.1, 0.15) is 0 Å². The van der Waals surface area contributed by atoms with E-state index in [2.05, 4.69) is 0 Å². The molecule has 1 heterocycles.